The number of halogens is 3. The molecular weight excluding hydrogens is 443 g/mol. The number of anilines is 3. The number of nitrogens with one attached hydrogen (secondary N) is 2. The van der Waals surface area contributed by atoms with Crippen molar-refractivity contribution in [1.29, 1.82) is 0 Å². The van der Waals surface area contributed by atoms with Crippen LogP contribution < -0.4 is 10.6 Å². The van der Waals surface area contributed by atoms with Gasteiger partial charge < -0.3 is 20.6 Å². The number of aryl methyl sites for hydroxylation is 1. The molecule has 1 aliphatic heterocycles. The molecule has 4 rings (SSSR count). The number of β-amino-alcohol motifs (C(OH)–C–C–N with tert-alkyl or cyclic N) is 1. The summed E-state index contributed by atoms with van der Waals surface area (Å²) >= 11 is 0. The number of aliphatic hydroxyl groups is 1. The molecule has 1 saturated heterocycles. The fraction of sp³-hybridized carbons (Fsp3) is 0.269. The molecular formula is C26H28F3N3O2. The average molecular weight is 472 g/mol. The molecule has 0 aliphatic carbocycles. The Kier molecular flexibility index (Phi) is 7.83. The number of rotatable bonds is 6. The van der Waals surface area contributed by atoms with E-state index in [1.807, 2.05) is 44.2 Å². The smallest absolute Gasteiger partial charge is 0.256 e. The van der Waals surface area contributed by atoms with Gasteiger partial charge in [0.25, 0.3) is 5.91 Å². The molecule has 1 aliphatic rings. The van der Waals surface area contributed by atoms with E-state index in [1.165, 1.54) is 17.0 Å². The summed E-state index contributed by atoms with van der Waals surface area (Å²) in [5.74, 6) is -3.69. The summed E-state index contributed by atoms with van der Waals surface area (Å²) < 4.78 is 42.7. The van der Waals surface area contributed by atoms with Crippen molar-refractivity contribution in [2.45, 2.75) is 26.4 Å². The largest absolute Gasteiger partial charge is 0.384 e. The minimum absolute atomic E-state index is 0.0169. The van der Waals surface area contributed by atoms with Gasteiger partial charge in [0.1, 0.15) is 11.4 Å². The van der Waals surface area contributed by atoms with Gasteiger partial charge in [-0.2, -0.15) is 0 Å². The first-order chi connectivity index (χ1) is 16.3. The van der Waals surface area contributed by atoms with Gasteiger partial charge in [-0.1, -0.05) is 38.1 Å². The lowest BCUT2D eigenvalue weighted by atomic mass is 9.92. The van der Waals surface area contributed by atoms with E-state index < -0.39 is 34.6 Å². The zero-order valence-corrected chi connectivity index (χ0v) is 19.3. The highest BCUT2D eigenvalue weighted by Crippen LogP contribution is 2.31. The quantitative estimate of drug-likeness (QED) is 0.445. The van der Waals surface area contributed by atoms with Crippen LogP contribution in [0, 0.1) is 24.4 Å². The van der Waals surface area contributed by atoms with Crippen molar-refractivity contribution in [2.75, 3.05) is 30.3 Å². The zero-order chi connectivity index (χ0) is 24.9. The molecule has 0 bridgehead atoms. The third-order valence-electron chi connectivity index (χ3n) is 5.36. The molecule has 0 unspecified atom stereocenters. The van der Waals surface area contributed by atoms with Crippen LogP contribution in [-0.4, -0.2) is 41.1 Å². The molecule has 180 valence electrons. The molecule has 1 amide bonds. The Bertz CT molecular complexity index is 1150. The third kappa shape index (κ3) is 5.51. The number of hydrogen-bond acceptors (Lipinski definition) is 4. The summed E-state index contributed by atoms with van der Waals surface area (Å²) in [6.45, 7) is 5.95. The van der Waals surface area contributed by atoms with E-state index in [0.717, 1.165) is 17.8 Å². The maximum Gasteiger partial charge on any atom is 0.256 e. The Morgan fingerprint density at radius 1 is 1.00 bits per heavy atom. The number of hydrogen-bond donors (Lipinski definition) is 3. The van der Waals surface area contributed by atoms with E-state index in [-0.39, 0.29) is 30.9 Å². The van der Waals surface area contributed by atoms with Crippen molar-refractivity contribution in [1.82, 2.24) is 4.90 Å². The number of para-hydroxylation sites is 1. The monoisotopic (exact) mass is 471 g/mol. The SMILES string of the molecule is CC.Cc1ccc(Nc2c(C(=O)N3CC(O)(CNc4ccccc4)C3)ccc(F)c2F)c(F)c1. The van der Waals surface area contributed by atoms with E-state index in [2.05, 4.69) is 10.6 Å². The van der Waals surface area contributed by atoms with Gasteiger partial charge in [0.2, 0.25) is 0 Å². The molecule has 0 aromatic heterocycles. The lowest BCUT2D eigenvalue weighted by Crippen LogP contribution is -2.66. The number of benzene rings is 3. The van der Waals surface area contributed by atoms with Crippen molar-refractivity contribution >= 4 is 23.0 Å². The van der Waals surface area contributed by atoms with Crippen molar-refractivity contribution in [3.05, 3.63) is 89.2 Å². The lowest BCUT2D eigenvalue weighted by molar-refractivity contribution is -0.0706. The third-order valence-corrected chi connectivity index (χ3v) is 5.36. The molecule has 0 radical (unpaired) electrons. The van der Waals surface area contributed by atoms with Crippen LogP contribution in [0.25, 0.3) is 0 Å². The summed E-state index contributed by atoms with van der Waals surface area (Å²) in [7, 11) is 0. The summed E-state index contributed by atoms with van der Waals surface area (Å²) in [6, 6.07) is 15.5. The predicted molar refractivity (Wildman–Crippen MR) is 128 cm³/mol. The maximum absolute atomic E-state index is 14.6. The summed E-state index contributed by atoms with van der Waals surface area (Å²) in [6.07, 6.45) is 0. The van der Waals surface area contributed by atoms with Crippen molar-refractivity contribution < 1.29 is 23.1 Å². The molecule has 3 aromatic rings. The highest BCUT2D eigenvalue weighted by Gasteiger charge is 2.44. The molecule has 8 heteroatoms. The van der Waals surface area contributed by atoms with Gasteiger partial charge in [-0.25, -0.2) is 13.2 Å². The maximum atomic E-state index is 14.6. The minimum atomic E-state index is -1.28. The average Bonchev–Trinajstić information content (AvgIpc) is 2.82. The first kappa shape index (κ1) is 25.1. The Labute approximate surface area is 197 Å². The molecule has 3 N–H and O–H groups in total. The second kappa shape index (κ2) is 10.6. The van der Waals surface area contributed by atoms with Crippen LogP contribution in [0.5, 0.6) is 0 Å². The minimum Gasteiger partial charge on any atom is -0.384 e. The topological polar surface area (TPSA) is 64.6 Å². The van der Waals surface area contributed by atoms with Crippen LogP contribution in [-0.2, 0) is 0 Å². The second-order valence-electron chi connectivity index (χ2n) is 8.00. The second-order valence-corrected chi connectivity index (χ2v) is 8.00. The van der Waals surface area contributed by atoms with Gasteiger partial charge in [0.15, 0.2) is 11.6 Å². The summed E-state index contributed by atoms with van der Waals surface area (Å²) in [4.78, 5) is 14.3. The van der Waals surface area contributed by atoms with E-state index in [1.54, 1.807) is 13.0 Å². The number of nitrogens with zero attached hydrogens (tertiary/aromatic N) is 1. The van der Waals surface area contributed by atoms with Gasteiger partial charge in [0.05, 0.1) is 30.0 Å². The highest BCUT2D eigenvalue weighted by molar-refractivity contribution is 6.01. The first-order valence-electron chi connectivity index (χ1n) is 11.1. The van der Waals surface area contributed by atoms with E-state index >= 15 is 0 Å². The Morgan fingerprint density at radius 2 is 1.68 bits per heavy atom. The van der Waals surface area contributed by atoms with E-state index in [0.29, 0.717) is 5.56 Å². The highest BCUT2D eigenvalue weighted by atomic mass is 19.2. The lowest BCUT2D eigenvalue weighted by Gasteiger charge is -2.46. The Hall–Kier alpha value is -3.52. The summed E-state index contributed by atoms with van der Waals surface area (Å²) in [5, 5.41) is 16.3. The number of likely N-dealkylation sites (tertiary alicyclic amines) is 1. The number of carbonyl (C=O) groups excluding carboxylic acids is 1. The van der Waals surface area contributed by atoms with Crippen LogP contribution in [0.2, 0.25) is 0 Å². The fourth-order valence-corrected chi connectivity index (χ4v) is 3.62. The molecule has 0 saturated carbocycles. The first-order valence-corrected chi connectivity index (χ1v) is 11.1. The van der Waals surface area contributed by atoms with Crippen LogP contribution in [0.1, 0.15) is 29.8 Å². The Balaban J connectivity index is 0.00000158. The van der Waals surface area contributed by atoms with E-state index in [9.17, 15) is 23.1 Å². The van der Waals surface area contributed by atoms with E-state index in [4.69, 9.17) is 0 Å². The molecule has 0 atom stereocenters. The van der Waals surface area contributed by atoms with Gasteiger partial charge in [-0.05, 0) is 48.9 Å². The molecule has 34 heavy (non-hydrogen) atoms. The number of carbonyl (C=O) groups is 1. The van der Waals surface area contributed by atoms with Gasteiger partial charge in [-0.3, -0.25) is 4.79 Å². The van der Waals surface area contributed by atoms with Crippen LogP contribution in [0.15, 0.2) is 60.7 Å². The van der Waals surface area contributed by atoms with Crippen LogP contribution in [0.4, 0.5) is 30.2 Å². The fourth-order valence-electron chi connectivity index (χ4n) is 3.62. The Morgan fingerprint density at radius 3 is 2.32 bits per heavy atom. The van der Waals surface area contributed by atoms with Crippen molar-refractivity contribution in [3.63, 3.8) is 0 Å². The molecule has 0 spiro atoms. The molecule has 3 aromatic carbocycles. The summed E-state index contributed by atoms with van der Waals surface area (Å²) in [5.41, 5.74) is -0.342. The zero-order valence-electron chi connectivity index (χ0n) is 19.3. The van der Waals surface area contributed by atoms with Crippen LogP contribution in [0.3, 0.4) is 0 Å². The number of amides is 1. The van der Waals surface area contributed by atoms with Gasteiger partial charge in [0, 0.05) is 12.2 Å². The predicted octanol–water partition coefficient (Wildman–Crippen LogP) is 5.48. The van der Waals surface area contributed by atoms with Gasteiger partial charge >= 0.3 is 0 Å². The van der Waals surface area contributed by atoms with Crippen molar-refractivity contribution in [2.24, 2.45) is 0 Å². The molecule has 1 fully saturated rings. The molecule has 1 heterocycles. The van der Waals surface area contributed by atoms with Crippen LogP contribution >= 0.6 is 0 Å². The molecule has 5 nitrogen and oxygen atoms in total. The normalized spacial score (nSPS) is 13.9. The standard InChI is InChI=1S/C24H22F3N3O2.C2H6/c1-15-7-10-20(19(26)11-15)29-22-17(8-9-18(25)21(22)27)23(31)30-13-24(32,14-30)12-28-16-5-3-2-4-6-16;1-2/h2-11,28-29,32H,12-14H2,1H3;1-2H3. The van der Waals surface area contributed by atoms with Gasteiger partial charge in [-0.15, -0.1) is 0 Å². The van der Waals surface area contributed by atoms with Crippen molar-refractivity contribution in [3.8, 4) is 0 Å².